The van der Waals surface area contributed by atoms with Gasteiger partial charge in [0, 0.05) is 0 Å². The minimum atomic E-state index is -3.72. The van der Waals surface area contributed by atoms with Crippen LogP contribution in [0, 0.1) is 0 Å². The number of ether oxygens (including phenoxy) is 3. The Kier molecular flexibility index (Phi) is 9.18. The van der Waals surface area contributed by atoms with Gasteiger partial charge in [-0.15, -0.1) is 0 Å². The molecule has 1 amide bonds. The van der Waals surface area contributed by atoms with E-state index in [0.717, 1.165) is 17.4 Å². The molecule has 0 saturated carbocycles. The van der Waals surface area contributed by atoms with E-state index in [4.69, 9.17) is 14.2 Å². The van der Waals surface area contributed by atoms with Gasteiger partial charge in [0.2, 0.25) is 10.0 Å². The minimum absolute atomic E-state index is 0.0591. The number of hydrogen-bond acceptors (Lipinski definition) is 6. The van der Waals surface area contributed by atoms with Crippen molar-refractivity contribution in [1.82, 2.24) is 0 Å². The van der Waals surface area contributed by atoms with Crippen molar-refractivity contribution in [3.63, 3.8) is 0 Å². The highest BCUT2D eigenvalue weighted by Crippen LogP contribution is 2.41. The lowest BCUT2D eigenvalue weighted by molar-refractivity contribution is 0.128. The van der Waals surface area contributed by atoms with Crippen LogP contribution in [0.5, 0.6) is 11.5 Å². The zero-order valence-corrected chi connectivity index (χ0v) is 22.7. The summed E-state index contributed by atoms with van der Waals surface area (Å²) in [6.07, 6.45) is 0.406. The third-order valence-corrected chi connectivity index (χ3v) is 6.73. The van der Waals surface area contributed by atoms with Gasteiger partial charge < -0.3 is 14.2 Å². The van der Waals surface area contributed by atoms with E-state index in [1.807, 2.05) is 57.2 Å². The van der Waals surface area contributed by atoms with Crippen LogP contribution >= 0.6 is 0 Å². The van der Waals surface area contributed by atoms with Crippen LogP contribution in [0.15, 0.2) is 72.8 Å². The quantitative estimate of drug-likeness (QED) is 0.346. The Morgan fingerprint density at radius 3 is 2.16 bits per heavy atom. The maximum atomic E-state index is 12.9. The van der Waals surface area contributed by atoms with Crippen molar-refractivity contribution in [2.24, 2.45) is 0 Å². The molecule has 0 radical (unpaired) electrons. The van der Waals surface area contributed by atoms with E-state index in [1.54, 1.807) is 36.4 Å². The fourth-order valence-electron chi connectivity index (χ4n) is 3.65. The van der Waals surface area contributed by atoms with Crippen molar-refractivity contribution in [1.29, 1.82) is 0 Å². The van der Waals surface area contributed by atoms with Crippen molar-refractivity contribution in [2.75, 3.05) is 36.1 Å². The lowest BCUT2D eigenvalue weighted by atomic mass is 9.86. The second-order valence-corrected chi connectivity index (χ2v) is 11.4. The van der Waals surface area contributed by atoms with Gasteiger partial charge in [-0.05, 0) is 40.8 Å². The first-order chi connectivity index (χ1) is 17.5. The van der Waals surface area contributed by atoms with Gasteiger partial charge in [-0.3, -0.25) is 9.62 Å². The fourth-order valence-corrected chi connectivity index (χ4v) is 4.55. The minimum Gasteiger partial charge on any atom is -0.492 e. The Morgan fingerprint density at radius 1 is 0.973 bits per heavy atom. The average molecular weight is 527 g/mol. The largest absolute Gasteiger partial charge is 0.492 e. The van der Waals surface area contributed by atoms with Gasteiger partial charge in [-0.25, -0.2) is 13.2 Å². The molecule has 0 aliphatic rings. The molecule has 0 spiro atoms. The summed E-state index contributed by atoms with van der Waals surface area (Å²) in [5.41, 5.74) is 2.04. The molecule has 0 aromatic heterocycles. The van der Waals surface area contributed by atoms with E-state index >= 15 is 0 Å². The summed E-state index contributed by atoms with van der Waals surface area (Å²) >= 11 is 0. The maximum absolute atomic E-state index is 12.9. The Labute approximate surface area is 219 Å². The SMILES string of the molecule is COc1c(NC(=O)Oc2ccccc2)cc(C(C)(C)C)cc1N(CCOCc1ccccc1)S(C)(=O)=O. The molecule has 3 aromatic carbocycles. The molecule has 37 heavy (non-hydrogen) atoms. The number of hydrogen-bond donors (Lipinski definition) is 1. The molecular weight excluding hydrogens is 492 g/mol. The number of rotatable bonds is 10. The van der Waals surface area contributed by atoms with Crippen LogP contribution in [0.25, 0.3) is 0 Å². The molecule has 3 aromatic rings. The van der Waals surface area contributed by atoms with E-state index in [-0.39, 0.29) is 24.3 Å². The topological polar surface area (TPSA) is 94.2 Å². The molecule has 3 rings (SSSR count). The lowest BCUT2D eigenvalue weighted by Gasteiger charge is -2.29. The molecule has 0 bridgehead atoms. The monoisotopic (exact) mass is 526 g/mol. The smallest absolute Gasteiger partial charge is 0.417 e. The second-order valence-electron chi connectivity index (χ2n) is 9.53. The first kappa shape index (κ1) is 28.0. The van der Waals surface area contributed by atoms with E-state index in [0.29, 0.717) is 23.7 Å². The van der Waals surface area contributed by atoms with Gasteiger partial charge in [0.05, 0.1) is 44.5 Å². The highest BCUT2D eigenvalue weighted by Gasteiger charge is 2.27. The van der Waals surface area contributed by atoms with Gasteiger partial charge >= 0.3 is 6.09 Å². The van der Waals surface area contributed by atoms with Gasteiger partial charge in [-0.1, -0.05) is 69.3 Å². The molecule has 9 heteroatoms. The highest BCUT2D eigenvalue weighted by molar-refractivity contribution is 7.92. The fraction of sp³-hybridized carbons (Fsp3) is 0.321. The van der Waals surface area contributed by atoms with Crippen molar-refractivity contribution in [3.05, 3.63) is 83.9 Å². The zero-order chi connectivity index (χ0) is 27.1. The zero-order valence-electron chi connectivity index (χ0n) is 21.9. The first-order valence-electron chi connectivity index (χ1n) is 11.8. The molecule has 0 atom stereocenters. The van der Waals surface area contributed by atoms with Gasteiger partial charge in [0.1, 0.15) is 5.75 Å². The molecule has 0 aliphatic heterocycles. The van der Waals surface area contributed by atoms with E-state index < -0.39 is 16.1 Å². The Bertz CT molecular complexity index is 1290. The molecule has 0 fully saturated rings. The Morgan fingerprint density at radius 2 is 1.59 bits per heavy atom. The molecular formula is C28H34N2O6S. The normalized spacial score (nSPS) is 11.6. The van der Waals surface area contributed by atoms with E-state index in [2.05, 4.69) is 5.32 Å². The van der Waals surface area contributed by atoms with Crippen molar-refractivity contribution in [3.8, 4) is 11.5 Å². The molecule has 8 nitrogen and oxygen atoms in total. The highest BCUT2D eigenvalue weighted by atomic mass is 32.2. The number of para-hydroxylation sites is 1. The number of sulfonamides is 1. The summed E-state index contributed by atoms with van der Waals surface area (Å²) in [7, 11) is -2.30. The summed E-state index contributed by atoms with van der Waals surface area (Å²) in [5, 5.41) is 2.72. The number of nitrogens with zero attached hydrogens (tertiary/aromatic N) is 1. The summed E-state index contributed by atoms with van der Waals surface area (Å²) < 4.78 is 43.8. The van der Waals surface area contributed by atoms with Crippen LogP contribution < -0.4 is 19.1 Å². The Hall–Kier alpha value is -3.56. The molecule has 0 saturated heterocycles. The first-order valence-corrected chi connectivity index (χ1v) is 13.7. The number of methoxy groups -OCH3 is 1. The summed E-state index contributed by atoms with van der Waals surface area (Å²) in [6.45, 7) is 6.57. The molecule has 0 heterocycles. The number of carbonyl (C=O) groups excluding carboxylic acids is 1. The van der Waals surface area contributed by atoms with Gasteiger partial charge in [-0.2, -0.15) is 0 Å². The van der Waals surface area contributed by atoms with E-state index in [1.165, 1.54) is 11.4 Å². The van der Waals surface area contributed by atoms with Crippen LogP contribution in [0.2, 0.25) is 0 Å². The summed E-state index contributed by atoms with van der Waals surface area (Å²) in [4.78, 5) is 12.7. The lowest BCUT2D eigenvalue weighted by Crippen LogP contribution is -2.34. The third-order valence-electron chi connectivity index (χ3n) is 5.55. The number of amides is 1. The van der Waals surface area contributed by atoms with Crippen molar-refractivity contribution < 1.29 is 27.4 Å². The predicted molar refractivity (Wildman–Crippen MR) is 146 cm³/mol. The van der Waals surface area contributed by atoms with Crippen LogP contribution in [0.4, 0.5) is 16.2 Å². The van der Waals surface area contributed by atoms with Crippen LogP contribution in [0.3, 0.4) is 0 Å². The predicted octanol–water partition coefficient (Wildman–Crippen LogP) is 5.59. The van der Waals surface area contributed by atoms with Crippen LogP contribution in [-0.2, 0) is 26.8 Å². The van der Waals surface area contributed by atoms with Crippen molar-refractivity contribution >= 4 is 27.5 Å². The summed E-state index contributed by atoms with van der Waals surface area (Å²) in [5.74, 6) is 0.575. The second kappa shape index (κ2) is 12.1. The molecule has 0 aliphatic carbocycles. The third kappa shape index (κ3) is 7.96. The number of benzene rings is 3. The standard InChI is InChI=1S/C28H34N2O6S/c1-28(2,3)22-18-24(29-27(31)36-23-14-10-7-11-15-23)26(34-4)25(19-22)30(37(5,32)33)16-17-35-20-21-12-8-6-9-13-21/h6-15,18-19H,16-17,20H2,1-5H3,(H,29,31). The van der Waals surface area contributed by atoms with Gasteiger partial charge in [0.15, 0.2) is 5.75 Å². The number of nitrogens with one attached hydrogen (secondary N) is 1. The number of carbonyl (C=O) groups is 1. The van der Waals surface area contributed by atoms with E-state index in [9.17, 15) is 13.2 Å². The maximum Gasteiger partial charge on any atom is 0.417 e. The van der Waals surface area contributed by atoms with Gasteiger partial charge in [0.25, 0.3) is 0 Å². The average Bonchev–Trinajstić information content (AvgIpc) is 2.83. The Balaban J connectivity index is 1.92. The molecule has 198 valence electrons. The van der Waals surface area contributed by atoms with Crippen LogP contribution in [0.1, 0.15) is 31.9 Å². The molecule has 0 unspecified atom stereocenters. The summed E-state index contributed by atoms with van der Waals surface area (Å²) in [6, 6.07) is 21.8. The van der Waals surface area contributed by atoms with Crippen molar-refractivity contribution in [2.45, 2.75) is 32.8 Å². The van der Waals surface area contributed by atoms with Crippen LogP contribution in [-0.4, -0.2) is 41.0 Å². The number of anilines is 2. The molecule has 1 N–H and O–H groups in total.